The van der Waals surface area contributed by atoms with Gasteiger partial charge in [-0.2, -0.15) is 0 Å². The molecule has 0 aliphatic carbocycles. The van der Waals surface area contributed by atoms with Crippen LogP contribution in [-0.2, 0) is 9.59 Å². The van der Waals surface area contributed by atoms with E-state index in [2.05, 4.69) is 10.3 Å². The largest absolute Gasteiger partial charge is 0.456 e. The summed E-state index contributed by atoms with van der Waals surface area (Å²) < 4.78 is 5.76. The van der Waals surface area contributed by atoms with Crippen molar-refractivity contribution >= 4 is 63.6 Å². The topological polar surface area (TPSA) is 92.5 Å². The van der Waals surface area contributed by atoms with Crippen molar-refractivity contribution in [2.75, 3.05) is 10.2 Å². The van der Waals surface area contributed by atoms with Crippen LogP contribution in [0.5, 0.6) is 0 Å². The number of furan rings is 2. The fraction of sp³-hybridized carbons (Fsp3) is 0.167. The van der Waals surface area contributed by atoms with Gasteiger partial charge in [0.25, 0.3) is 5.91 Å². The van der Waals surface area contributed by atoms with Gasteiger partial charge in [-0.25, -0.2) is 9.88 Å². The summed E-state index contributed by atoms with van der Waals surface area (Å²) in [5, 5.41) is 3.50. The van der Waals surface area contributed by atoms with Gasteiger partial charge in [0.15, 0.2) is 0 Å². The highest BCUT2D eigenvalue weighted by atomic mass is 35.5. The molecule has 0 fully saturated rings. The van der Waals surface area contributed by atoms with Crippen LogP contribution in [0.15, 0.2) is 53.1 Å². The molecule has 0 aliphatic rings. The molecule has 4 rings (SSSR count). The van der Waals surface area contributed by atoms with Crippen LogP contribution in [0.4, 0.5) is 11.5 Å². The number of hydrogen-bond acceptors (Lipinski definition) is 5. The minimum atomic E-state index is -0.401. The molecular formula is C24H19Cl2N3O4. The Hall–Kier alpha value is -3.42. The number of anilines is 2. The van der Waals surface area contributed by atoms with Crippen molar-refractivity contribution < 1.29 is 18.8 Å². The van der Waals surface area contributed by atoms with E-state index >= 15 is 0 Å². The molecule has 0 atom stereocenters. The monoisotopic (exact) mass is 483 g/mol. The Balaban J connectivity index is 1.75. The van der Waals surface area contributed by atoms with Crippen molar-refractivity contribution in [2.45, 2.75) is 26.7 Å². The highest BCUT2D eigenvalue weighted by Gasteiger charge is 2.27. The SMILES string of the molecule is CCC(=O)N(C(=O)CC)c1cc(-c2c(C(=O)Nc3ccc(Cl)c(Cl)c3)c3ccc2o3)ccn1. The molecule has 3 amide bonds. The Kier molecular flexibility index (Phi) is 6.35. The number of pyridine rings is 1. The van der Waals surface area contributed by atoms with Gasteiger partial charge in [0.05, 0.1) is 15.6 Å². The van der Waals surface area contributed by atoms with Crippen molar-refractivity contribution in [3.63, 3.8) is 0 Å². The predicted octanol–water partition coefficient (Wildman–Crippen LogP) is 6.17. The summed E-state index contributed by atoms with van der Waals surface area (Å²) in [4.78, 5) is 43.3. The molecule has 7 nitrogen and oxygen atoms in total. The Morgan fingerprint density at radius 1 is 0.939 bits per heavy atom. The van der Waals surface area contributed by atoms with Crippen LogP contribution >= 0.6 is 23.2 Å². The van der Waals surface area contributed by atoms with Crippen molar-refractivity contribution in [3.8, 4) is 11.1 Å². The maximum atomic E-state index is 13.2. The number of nitrogens with one attached hydrogen (secondary N) is 1. The average Bonchev–Trinajstić information content (AvgIpc) is 3.43. The van der Waals surface area contributed by atoms with Crippen molar-refractivity contribution in [1.29, 1.82) is 0 Å². The Morgan fingerprint density at radius 2 is 1.64 bits per heavy atom. The molecule has 168 valence electrons. The van der Waals surface area contributed by atoms with E-state index < -0.39 is 5.91 Å². The number of rotatable bonds is 6. The highest BCUT2D eigenvalue weighted by molar-refractivity contribution is 6.42. The van der Waals surface area contributed by atoms with E-state index in [4.69, 9.17) is 27.6 Å². The van der Waals surface area contributed by atoms with Gasteiger partial charge in [-0.05, 0) is 48.0 Å². The number of nitrogens with zero attached hydrogens (tertiary/aromatic N) is 2. The van der Waals surface area contributed by atoms with E-state index in [0.29, 0.717) is 43.6 Å². The van der Waals surface area contributed by atoms with Gasteiger partial charge >= 0.3 is 0 Å². The van der Waals surface area contributed by atoms with Crippen LogP contribution in [0.25, 0.3) is 22.3 Å². The first kappa shape index (κ1) is 22.8. The third-order valence-corrected chi connectivity index (χ3v) is 5.86. The van der Waals surface area contributed by atoms with Crippen molar-refractivity contribution in [2.24, 2.45) is 0 Å². The standard InChI is InChI=1S/C24H19Cl2N3O4/c1-3-20(30)29(21(31)4-2)19-11-13(9-10-27-19)22-17-7-8-18(33-17)23(22)24(32)28-14-5-6-15(25)16(26)12-14/h5-12H,3-4H2,1-2H3,(H,28,32). The third-order valence-electron chi connectivity index (χ3n) is 5.12. The number of halogens is 2. The van der Waals surface area contributed by atoms with E-state index in [-0.39, 0.29) is 30.5 Å². The number of hydrogen-bond donors (Lipinski definition) is 1. The zero-order valence-corrected chi connectivity index (χ0v) is 19.3. The van der Waals surface area contributed by atoms with E-state index in [1.165, 1.54) is 6.20 Å². The lowest BCUT2D eigenvalue weighted by Gasteiger charge is -2.19. The molecule has 1 aromatic carbocycles. The highest BCUT2D eigenvalue weighted by Crippen LogP contribution is 2.38. The minimum Gasteiger partial charge on any atom is -0.456 e. The van der Waals surface area contributed by atoms with Crippen LogP contribution in [0.1, 0.15) is 37.0 Å². The van der Waals surface area contributed by atoms with E-state index in [1.54, 1.807) is 56.3 Å². The maximum Gasteiger partial charge on any atom is 0.260 e. The van der Waals surface area contributed by atoms with Crippen LogP contribution in [-0.4, -0.2) is 22.7 Å². The van der Waals surface area contributed by atoms with Gasteiger partial charge < -0.3 is 9.73 Å². The van der Waals surface area contributed by atoms with E-state index in [0.717, 1.165) is 4.90 Å². The van der Waals surface area contributed by atoms with Crippen LogP contribution in [0.3, 0.4) is 0 Å². The maximum absolute atomic E-state index is 13.2. The first-order valence-corrected chi connectivity index (χ1v) is 11.0. The molecule has 33 heavy (non-hydrogen) atoms. The summed E-state index contributed by atoms with van der Waals surface area (Å²) in [6, 6.07) is 11.6. The first-order chi connectivity index (χ1) is 15.8. The molecule has 0 unspecified atom stereocenters. The zero-order chi connectivity index (χ0) is 23.7. The molecular weight excluding hydrogens is 465 g/mol. The van der Waals surface area contributed by atoms with Gasteiger partial charge in [-0.3, -0.25) is 14.4 Å². The minimum absolute atomic E-state index is 0.152. The molecule has 9 heteroatoms. The molecule has 1 N–H and O–H groups in total. The Labute approximate surface area is 199 Å². The number of carbonyl (C=O) groups excluding carboxylic acids is 3. The summed E-state index contributed by atoms with van der Waals surface area (Å²) in [6.07, 6.45) is 1.80. The quantitative estimate of drug-likeness (QED) is 0.353. The second kappa shape index (κ2) is 9.21. The molecule has 0 saturated carbocycles. The van der Waals surface area contributed by atoms with E-state index in [9.17, 15) is 14.4 Å². The van der Waals surface area contributed by atoms with Gasteiger partial charge in [0, 0.05) is 30.3 Å². The van der Waals surface area contributed by atoms with Gasteiger partial charge in [-0.15, -0.1) is 0 Å². The lowest BCUT2D eigenvalue weighted by Crippen LogP contribution is -2.36. The Morgan fingerprint density at radius 3 is 2.30 bits per heavy atom. The summed E-state index contributed by atoms with van der Waals surface area (Å²) >= 11 is 12.0. The first-order valence-electron chi connectivity index (χ1n) is 10.3. The molecule has 0 aliphatic heterocycles. The second-order valence-corrected chi connectivity index (χ2v) is 8.04. The second-order valence-electron chi connectivity index (χ2n) is 7.23. The predicted molar refractivity (Wildman–Crippen MR) is 128 cm³/mol. The summed E-state index contributed by atoms with van der Waals surface area (Å²) in [7, 11) is 0. The normalized spacial score (nSPS) is 11.0. The zero-order valence-electron chi connectivity index (χ0n) is 17.8. The molecule has 3 heterocycles. The molecule has 0 saturated heterocycles. The molecule has 4 aromatic rings. The average molecular weight is 484 g/mol. The third kappa shape index (κ3) is 4.29. The van der Waals surface area contributed by atoms with Crippen LogP contribution < -0.4 is 10.2 Å². The number of fused-ring (bicyclic) bond motifs is 2. The van der Waals surface area contributed by atoms with E-state index in [1.807, 2.05) is 0 Å². The number of carbonyl (C=O) groups is 3. The van der Waals surface area contributed by atoms with Gasteiger partial charge in [0.1, 0.15) is 17.0 Å². The van der Waals surface area contributed by atoms with Crippen molar-refractivity contribution in [1.82, 2.24) is 4.98 Å². The molecule has 2 bridgehead atoms. The lowest BCUT2D eigenvalue weighted by atomic mass is 9.99. The molecule has 0 spiro atoms. The molecule has 0 radical (unpaired) electrons. The van der Waals surface area contributed by atoms with Crippen LogP contribution in [0.2, 0.25) is 10.0 Å². The fourth-order valence-corrected chi connectivity index (χ4v) is 3.84. The molecule has 3 aromatic heterocycles. The van der Waals surface area contributed by atoms with Crippen molar-refractivity contribution in [3.05, 3.63) is 64.3 Å². The number of aromatic nitrogens is 1. The number of imide groups is 1. The summed E-state index contributed by atoms with van der Waals surface area (Å²) in [6.45, 7) is 3.36. The van der Waals surface area contributed by atoms with Gasteiger partial charge in [0.2, 0.25) is 11.8 Å². The summed E-state index contributed by atoms with van der Waals surface area (Å²) in [5.74, 6) is -0.920. The number of benzene rings is 2. The van der Waals surface area contributed by atoms with Crippen LogP contribution in [0, 0.1) is 0 Å². The Bertz CT molecular complexity index is 1350. The summed E-state index contributed by atoms with van der Waals surface area (Å²) in [5.41, 5.74) is 2.83. The van der Waals surface area contributed by atoms with Gasteiger partial charge in [-0.1, -0.05) is 37.0 Å². The number of amides is 3. The fourth-order valence-electron chi connectivity index (χ4n) is 3.54. The lowest BCUT2D eigenvalue weighted by molar-refractivity contribution is -0.126. The smallest absolute Gasteiger partial charge is 0.260 e.